The first kappa shape index (κ1) is 18.8. The molecule has 152 valence electrons. The number of halogens is 1. The normalized spacial score (nSPS) is 15.5. The smallest absolute Gasteiger partial charge is 0.306 e. The predicted octanol–water partition coefficient (Wildman–Crippen LogP) is 4.92. The van der Waals surface area contributed by atoms with Gasteiger partial charge in [0.05, 0.1) is 18.6 Å². The molecule has 1 aliphatic carbocycles. The van der Waals surface area contributed by atoms with Gasteiger partial charge in [-0.1, -0.05) is 16.8 Å². The van der Waals surface area contributed by atoms with Crippen molar-refractivity contribution in [2.45, 2.75) is 32.1 Å². The molecule has 7 nitrogen and oxygen atoms in total. The van der Waals surface area contributed by atoms with Crippen LogP contribution in [0.3, 0.4) is 0 Å². The molecule has 0 bridgehead atoms. The number of rotatable bonds is 5. The summed E-state index contributed by atoms with van der Waals surface area (Å²) in [7, 11) is 0. The fourth-order valence-electron chi connectivity index (χ4n) is 4.07. The van der Waals surface area contributed by atoms with E-state index in [0.717, 1.165) is 35.0 Å². The number of fused-ring (bicyclic) bond motifs is 3. The van der Waals surface area contributed by atoms with Gasteiger partial charge in [0.1, 0.15) is 5.15 Å². The summed E-state index contributed by atoms with van der Waals surface area (Å²) in [5.41, 5.74) is 5.02. The van der Waals surface area contributed by atoms with Crippen LogP contribution in [0.4, 0.5) is 0 Å². The molecule has 0 spiro atoms. The highest BCUT2D eigenvalue weighted by atomic mass is 35.5. The van der Waals surface area contributed by atoms with Crippen LogP contribution in [0, 0.1) is 0 Å². The van der Waals surface area contributed by atoms with Gasteiger partial charge in [-0.2, -0.15) is 4.98 Å². The third-order valence-electron chi connectivity index (χ3n) is 5.47. The number of aromatic nitrogens is 4. The van der Waals surface area contributed by atoms with Gasteiger partial charge in [0, 0.05) is 34.3 Å². The number of nitrogens with zero attached hydrogens (tertiary/aromatic N) is 3. The highest BCUT2D eigenvalue weighted by Crippen LogP contribution is 2.40. The standard InChI is InChI=1S/C22H19ClN4O3/c1-2-29-19(28)10-12-3-6-15-16-9-13(4-7-17(16)25-20(12)15)21-26-22(30-27-21)14-5-8-18(23)24-11-14/h4-5,7-9,11-12,25H,2-3,6,10H2,1H3. The molecular weight excluding hydrogens is 404 g/mol. The Morgan fingerprint density at radius 2 is 2.17 bits per heavy atom. The number of nitrogens with one attached hydrogen (secondary N) is 1. The van der Waals surface area contributed by atoms with Crippen molar-refractivity contribution in [1.29, 1.82) is 0 Å². The van der Waals surface area contributed by atoms with Crippen LogP contribution in [0.25, 0.3) is 33.7 Å². The first-order valence-corrected chi connectivity index (χ1v) is 10.3. The molecule has 0 fully saturated rings. The lowest BCUT2D eigenvalue weighted by Crippen LogP contribution is -2.08. The summed E-state index contributed by atoms with van der Waals surface area (Å²) in [5.74, 6) is 0.927. The Kier molecular flexibility index (Phi) is 4.75. The Balaban J connectivity index is 1.45. The molecule has 4 aromatic rings. The van der Waals surface area contributed by atoms with Gasteiger partial charge in [0.2, 0.25) is 5.82 Å². The first-order valence-electron chi connectivity index (χ1n) is 9.88. The molecule has 30 heavy (non-hydrogen) atoms. The minimum Gasteiger partial charge on any atom is -0.466 e. The number of aryl methyl sites for hydroxylation is 1. The summed E-state index contributed by atoms with van der Waals surface area (Å²) in [6.07, 6.45) is 3.88. The zero-order valence-corrected chi connectivity index (χ0v) is 17.1. The molecule has 0 saturated heterocycles. The average molecular weight is 423 g/mol. The molecule has 0 amide bonds. The second-order valence-electron chi connectivity index (χ2n) is 7.32. The third-order valence-corrected chi connectivity index (χ3v) is 5.69. The molecule has 1 atom stereocenters. The van der Waals surface area contributed by atoms with E-state index in [0.29, 0.717) is 35.5 Å². The monoisotopic (exact) mass is 422 g/mol. The molecule has 0 saturated carbocycles. The van der Waals surface area contributed by atoms with Gasteiger partial charge >= 0.3 is 5.97 Å². The molecule has 1 unspecified atom stereocenters. The SMILES string of the molecule is CCOC(=O)CC1CCc2c1[nH]c1ccc(-c3noc(-c4ccc(Cl)nc4)n3)cc21. The number of aromatic amines is 1. The number of carbonyl (C=O) groups excluding carboxylic acids is 1. The van der Waals surface area contributed by atoms with Crippen LogP contribution in [0.5, 0.6) is 0 Å². The zero-order valence-electron chi connectivity index (χ0n) is 16.3. The van der Waals surface area contributed by atoms with E-state index >= 15 is 0 Å². The minimum atomic E-state index is -0.147. The van der Waals surface area contributed by atoms with Crippen LogP contribution in [-0.4, -0.2) is 32.7 Å². The predicted molar refractivity (Wildman–Crippen MR) is 112 cm³/mol. The summed E-state index contributed by atoms with van der Waals surface area (Å²) in [4.78, 5) is 24.0. The molecular formula is C22H19ClN4O3. The Morgan fingerprint density at radius 3 is 2.97 bits per heavy atom. The van der Waals surface area contributed by atoms with Gasteiger partial charge in [-0.25, -0.2) is 4.98 Å². The van der Waals surface area contributed by atoms with Crippen molar-refractivity contribution in [1.82, 2.24) is 20.1 Å². The Bertz CT molecular complexity index is 1230. The Hall–Kier alpha value is -3.19. The van der Waals surface area contributed by atoms with E-state index in [1.807, 2.05) is 19.1 Å². The number of carbonyl (C=O) groups is 1. The van der Waals surface area contributed by atoms with E-state index in [2.05, 4.69) is 26.2 Å². The summed E-state index contributed by atoms with van der Waals surface area (Å²) in [5, 5.41) is 5.67. The van der Waals surface area contributed by atoms with Crippen molar-refractivity contribution >= 4 is 28.5 Å². The highest BCUT2D eigenvalue weighted by molar-refractivity contribution is 6.29. The Morgan fingerprint density at radius 1 is 1.30 bits per heavy atom. The van der Waals surface area contributed by atoms with Crippen molar-refractivity contribution in [2.75, 3.05) is 6.61 Å². The van der Waals surface area contributed by atoms with Gasteiger partial charge in [-0.15, -0.1) is 0 Å². The molecule has 8 heteroatoms. The highest BCUT2D eigenvalue weighted by Gasteiger charge is 2.29. The maximum atomic E-state index is 11.9. The van der Waals surface area contributed by atoms with Crippen molar-refractivity contribution in [3.63, 3.8) is 0 Å². The summed E-state index contributed by atoms with van der Waals surface area (Å²) in [6.45, 7) is 2.24. The third kappa shape index (κ3) is 3.35. The van der Waals surface area contributed by atoms with Crippen LogP contribution in [-0.2, 0) is 16.0 Å². The lowest BCUT2D eigenvalue weighted by molar-refractivity contribution is -0.143. The van der Waals surface area contributed by atoms with E-state index in [4.69, 9.17) is 20.9 Å². The molecule has 1 aliphatic rings. The fraction of sp³-hybridized carbons (Fsp3) is 0.273. The maximum absolute atomic E-state index is 11.9. The van der Waals surface area contributed by atoms with Gasteiger partial charge in [0.15, 0.2) is 0 Å². The second-order valence-corrected chi connectivity index (χ2v) is 7.70. The lowest BCUT2D eigenvalue weighted by atomic mass is 10.0. The van der Waals surface area contributed by atoms with Crippen molar-refractivity contribution in [3.05, 3.63) is 52.9 Å². The van der Waals surface area contributed by atoms with Crippen LogP contribution < -0.4 is 0 Å². The van der Waals surface area contributed by atoms with Crippen LogP contribution >= 0.6 is 11.6 Å². The number of benzene rings is 1. The van der Waals surface area contributed by atoms with Gasteiger partial charge < -0.3 is 14.2 Å². The second kappa shape index (κ2) is 7.57. The Labute approximate surface area is 177 Å². The largest absolute Gasteiger partial charge is 0.466 e. The maximum Gasteiger partial charge on any atom is 0.306 e. The van der Waals surface area contributed by atoms with Crippen LogP contribution in [0.15, 0.2) is 41.1 Å². The molecule has 0 aliphatic heterocycles. The molecule has 3 heterocycles. The molecule has 1 aromatic carbocycles. The first-order chi connectivity index (χ1) is 14.6. The molecule has 1 N–H and O–H groups in total. The quantitative estimate of drug-likeness (QED) is 0.362. The van der Waals surface area contributed by atoms with Crippen LogP contribution in [0.2, 0.25) is 5.15 Å². The van der Waals surface area contributed by atoms with E-state index < -0.39 is 0 Å². The topological polar surface area (TPSA) is 93.9 Å². The number of esters is 1. The molecule has 5 rings (SSSR count). The minimum absolute atomic E-state index is 0.147. The molecule has 0 radical (unpaired) electrons. The molecule has 3 aromatic heterocycles. The number of hydrogen-bond acceptors (Lipinski definition) is 6. The van der Waals surface area contributed by atoms with Crippen molar-refractivity contribution in [3.8, 4) is 22.8 Å². The number of ether oxygens (including phenoxy) is 1. The van der Waals surface area contributed by atoms with E-state index in [1.165, 1.54) is 5.56 Å². The van der Waals surface area contributed by atoms with Crippen molar-refractivity contribution in [2.24, 2.45) is 0 Å². The lowest BCUT2D eigenvalue weighted by Gasteiger charge is -2.08. The van der Waals surface area contributed by atoms with E-state index in [1.54, 1.807) is 18.3 Å². The summed E-state index contributed by atoms with van der Waals surface area (Å²) >= 11 is 5.84. The number of hydrogen-bond donors (Lipinski definition) is 1. The van der Waals surface area contributed by atoms with Gasteiger partial charge in [-0.3, -0.25) is 4.79 Å². The van der Waals surface area contributed by atoms with Gasteiger partial charge in [0.25, 0.3) is 5.89 Å². The zero-order chi connectivity index (χ0) is 20.7. The fourth-order valence-corrected chi connectivity index (χ4v) is 4.19. The van der Waals surface area contributed by atoms with Crippen molar-refractivity contribution < 1.29 is 14.1 Å². The van der Waals surface area contributed by atoms with Gasteiger partial charge in [-0.05, 0) is 55.7 Å². The number of H-pyrrole nitrogens is 1. The summed E-state index contributed by atoms with van der Waals surface area (Å²) < 4.78 is 10.5. The summed E-state index contributed by atoms with van der Waals surface area (Å²) in [6, 6.07) is 9.53. The van der Waals surface area contributed by atoms with E-state index in [9.17, 15) is 4.79 Å². The van der Waals surface area contributed by atoms with Crippen LogP contribution in [0.1, 0.15) is 36.9 Å². The average Bonchev–Trinajstić information content (AvgIpc) is 3.45. The van der Waals surface area contributed by atoms with E-state index in [-0.39, 0.29) is 11.9 Å². The number of pyridine rings is 1.